The van der Waals surface area contributed by atoms with Crippen molar-refractivity contribution >= 4 is 11.9 Å². The van der Waals surface area contributed by atoms with Crippen LogP contribution in [0.3, 0.4) is 0 Å². The van der Waals surface area contributed by atoms with E-state index in [1.807, 2.05) is 0 Å². The number of halogens is 3. The number of carboxylic acid groups (broad SMARTS) is 1. The largest absolute Gasteiger partial charge is 0.480 e. The highest BCUT2D eigenvalue weighted by atomic mass is 19.4. The van der Waals surface area contributed by atoms with E-state index in [0.717, 1.165) is 6.20 Å². The topological polar surface area (TPSA) is 75.4 Å². The molecule has 0 aliphatic rings. The summed E-state index contributed by atoms with van der Waals surface area (Å²) in [6.45, 7) is -2.65. The zero-order chi connectivity index (χ0) is 13.9. The van der Waals surface area contributed by atoms with Crippen LogP contribution >= 0.6 is 0 Å². The van der Waals surface area contributed by atoms with Crippen LogP contribution in [0, 0.1) is 0 Å². The van der Waals surface area contributed by atoms with E-state index in [4.69, 9.17) is 5.11 Å². The van der Waals surface area contributed by atoms with Crippen molar-refractivity contribution in [2.75, 3.05) is 13.1 Å². The first-order valence-corrected chi connectivity index (χ1v) is 4.75. The monoisotopic (exact) mass is 265 g/mol. The van der Waals surface area contributed by atoms with Crippen molar-refractivity contribution in [3.05, 3.63) is 18.2 Å². The Morgan fingerprint density at radius 2 is 2.11 bits per heavy atom. The summed E-state index contributed by atoms with van der Waals surface area (Å²) in [5.74, 6) is -2.55. The van der Waals surface area contributed by atoms with E-state index < -0.39 is 31.1 Å². The molecule has 18 heavy (non-hydrogen) atoms. The molecule has 0 spiro atoms. The molecule has 0 unspecified atom stereocenters. The van der Waals surface area contributed by atoms with Crippen LogP contribution in [-0.4, -0.2) is 50.7 Å². The Morgan fingerprint density at radius 1 is 1.50 bits per heavy atom. The van der Waals surface area contributed by atoms with Crippen LogP contribution in [0.25, 0.3) is 0 Å². The molecule has 1 N–H and O–H groups in total. The van der Waals surface area contributed by atoms with E-state index in [9.17, 15) is 22.8 Å². The van der Waals surface area contributed by atoms with Gasteiger partial charge in [0.25, 0.3) is 5.91 Å². The fraction of sp³-hybridized carbons (Fsp3) is 0.444. The van der Waals surface area contributed by atoms with E-state index in [1.165, 1.54) is 17.9 Å². The molecule has 0 saturated heterocycles. The smallest absolute Gasteiger partial charge is 0.406 e. The van der Waals surface area contributed by atoms with Crippen LogP contribution < -0.4 is 0 Å². The summed E-state index contributed by atoms with van der Waals surface area (Å²) >= 11 is 0. The molecule has 0 aliphatic carbocycles. The molecule has 0 saturated carbocycles. The van der Waals surface area contributed by atoms with Gasteiger partial charge in [0.2, 0.25) is 0 Å². The average molecular weight is 265 g/mol. The zero-order valence-electron chi connectivity index (χ0n) is 9.31. The number of nitrogens with zero attached hydrogens (tertiary/aromatic N) is 3. The van der Waals surface area contributed by atoms with Crippen LogP contribution in [0.15, 0.2) is 12.5 Å². The highest BCUT2D eigenvalue weighted by Gasteiger charge is 2.34. The van der Waals surface area contributed by atoms with Crippen LogP contribution in [0.4, 0.5) is 13.2 Å². The predicted molar refractivity (Wildman–Crippen MR) is 52.8 cm³/mol. The van der Waals surface area contributed by atoms with Crippen molar-refractivity contribution in [1.29, 1.82) is 0 Å². The summed E-state index contributed by atoms with van der Waals surface area (Å²) in [5.41, 5.74) is -0.111. The molecule has 0 aromatic carbocycles. The number of amides is 1. The summed E-state index contributed by atoms with van der Waals surface area (Å²) < 4.78 is 38.0. The van der Waals surface area contributed by atoms with Crippen molar-refractivity contribution in [1.82, 2.24) is 14.5 Å². The zero-order valence-corrected chi connectivity index (χ0v) is 9.31. The van der Waals surface area contributed by atoms with E-state index in [2.05, 4.69) is 4.98 Å². The van der Waals surface area contributed by atoms with E-state index in [0.29, 0.717) is 0 Å². The van der Waals surface area contributed by atoms with Crippen LogP contribution in [0.1, 0.15) is 10.5 Å². The van der Waals surface area contributed by atoms with Gasteiger partial charge in [0, 0.05) is 7.05 Å². The molecule has 0 atom stereocenters. The van der Waals surface area contributed by atoms with Gasteiger partial charge < -0.3 is 14.6 Å². The van der Waals surface area contributed by atoms with Gasteiger partial charge in [0.1, 0.15) is 18.8 Å². The third-order valence-corrected chi connectivity index (χ3v) is 2.02. The number of carboxylic acids is 1. The molecule has 1 rings (SSSR count). The van der Waals surface area contributed by atoms with Gasteiger partial charge in [0.15, 0.2) is 0 Å². The Morgan fingerprint density at radius 3 is 2.50 bits per heavy atom. The van der Waals surface area contributed by atoms with Gasteiger partial charge in [-0.05, 0) is 0 Å². The summed E-state index contributed by atoms with van der Waals surface area (Å²) in [7, 11) is 1.42. The molecule has 1 aromatic rings. The Labute approximate surface area is 99.6 Å². The third-order valence-electron chi connectivity index (χ3n) is 2.02. The Hall–Kier alpha value is -2.06. The molecule has 6 nitrogen and oxygen atoms in total. The number of alkyl halides is 3. The maximum absolute atomic E-state index is 12.2. The molecule has 0 radical (unpaired) electrons. The second kappa shape index (κ2) is 5.07. The summed E-state index contributed by atoms with van der Waals surface area (Å²) in [5, 5.41) is 8.51. The lowest BCUT2D eigenvalue weighted by Crippen LogP contribution is -2.42. The summed E-state index contributed by atoms with van der Waals surface area (Å²) in [6, 6.07) is 0. The van der Waals surface area contributed by atoms with Gasteiger partial charge in [0.05, 0.1) is 12.5 Å². The SMILES string of the molecule is Cn1cncc1C(=O)N(CC(=O)O)CC(F)(F)F. The highest BCUT2D eigenvalue weighted by molar-refractivity contribution is 5.94. The molecule has 1 heterocycles. The number of hydrogen-bond acceptors (Lipinski definition) is 3. The highest BCUT2D eigenvalue weighted by Crippen LogP contribution is 2.17. The Kier molecular flexibility index (Phi) is 3.94. The number of carbonyl (C=O) groups is 2. The number of imidazole rings is 1. The standard InChI is InChI=1S/C9H10F3N3O3/c1-14-5-13-2-6(14)8(18)15(3-7(16)17)4-9(10,11)12/h2,5H,3-4H2,1H3,(H,16,17). The van der Waals surface area contributed by atoms with Crippen molar-refractivity contribution in [2.45, 2.75) is 6.18 Å². The van der Waals surface area contributed by atoms with Gasteiger partial charge in [-0.2, -0.15) is 13.2 Å². The van der Waals surface area contributed by atoms with Crippen LogP contribution in [0.2, 0.25) is 0 Å². The minimum Gasteiger partial charge on any atom is -0.480 e. The maximum atomic E-state index is 12.2. The number of aliphatic carboxylic acids is 1. The first-order chi connectivity index (χ1) is 8.20. The lowest BCUT2D eigenvalue weighted by molar-refractivity contribution is -0.149. The summed E-state index contributed by atoms with van der Waals surface area (Å²) in [6.07, 6.45) is -2.35. The fourth-order valence-corrected chi connectivity index (χ4v) is 1.30. The molecule has 9 heteroatoms. The first-order valence-electron chi connectivity index (χ1n) is 4.75. The van der Waals surface area contributed by atoms with Gasteiger partial charge in [-0.25, -0.2) is 4.98 Å². The second-order valence-electron chi connectivity index (χ2n) is 3.56. The molecule has 0 bridgehead atoms. The molecule has 100 valence electrons. The van der Waals surface area contributed by atoms with Crippen molar-refractivity contribution in [2.24, 2.45) is 7.05 Å². The Bertz CT molecular complexity index is 455. The van der Waals surface area contributed by atoms with Crippen molar-refractivity contribution in [3.63, 3.8) is 0 Å². The Balaban J connectivity index is 2.93. The number of aryl methyl sites for hydroxylation is 1. The van der Waals surface area contributed by atoms with Crippen molar-refractivity contribution < 1.29 is 27.9 Å². The van der Waals surface area contributed by atoms with Crippen LogP contribution in [-0.2, 0) is 11.8 Å². The lowest BCUT2D eigenvalue weighted by Gasteiger charge is -2.21. The minimum atomic E-state index is -4.66. The molecular weight excluding hydrogens is 255 g/mol. The van der Waals surface area contributed by atoms with Crippen molar-refractivity contribution in [3.8, 4) is 0 Å². The molecule has 0 aliphatic heterocycles. The maximum Gasteiger partial charge on any atom is 0.406 e. The average Bonchev–Trinajstić information content (AvgIpc) is 2.59. The predicted octanol–water partition coefficient (Wildman–Crippen LogP) is 0.509. The van der Waals surface area contributed by atoms with E-state index >= 15 is 0 Å². The number of carbonyl (C=O) groups excluding carboxylic acids is 1. The quantitative estimate of drug-likeness (QED) is 0.860. The van der Waals surface area contributed by atoms with Gasteiger partial charge in [-0.3, -0.25) is 9.59 Å². The van der Waals surface area contributed by atoms with E-state index in [1.54, 1.807) is 0 Å². The second-order valence-corrected chi connectivity index (χ2v) is 3.56. The number of aromatic nitrogens is 2. The summed E-state index contributed by atoms with van der Waals surface area (Å²) in [4.78, 5) is 26.0. The van der Waals surface area contributed by atoms with Gasteiger partial charge in [-0.1, -0.05) is 0 Å². The fourth-order valence-electron chi connectivity index (χ4n) is 1.30. The third kappa shape index (κ3) is 3.75. The molecule has 0 fully saturated rings. The lowest BCUT2D eigenvalue weighted by atomic mass is 10.3. The molecule has 1 amide bonds. The molecule has 1 aromatic heterocycles. The van der Waals surface area contributed by atoms with Crippen LogP contribution in [0.5, 0.6) is 0 Å². The number of rotatable bonds is 4. The number of hydrogen-bond donors (Lipinski definition) is 1. The van der Waals surface area contributed by atoms with Gasteiger partial charge in [-0.15, -0.1) is 0 Å². The normalized spacial score (nSPS) is 11.3. The van der Waals surface area contributed by atoms with E-state index in [-0.39, 0.29) is 10.6 Å². The molecular formula is C9H10F3N3O3. The first kappa shape index (κ1) is 14.0. The van der Waals surface area contributed by atoms with Gasteiger partial charge >= 0.3 is 12.1 Å². The minimum absolute atomic E-state index is 0.111.